The molecule has 0 unspecified atom stereocenters. The molecule has 1 fully saturated rings. The van der Waals surface area contributed by atoms with Crippen LogP contribution in [-0.4, -0.2) is 54.5 Å². The van der Waals surface area contributed by atoms with E-state index < -0.39 is 0 Å². The Balaban J connectivity index is 1.55. The van der Waals surface area contributed by atoms with Gasteiger partial charge >= 0.3 is 6.09 Å². The number of cyclic esters (lactones) is 1. The molecule has 2 aromatic rings. The number of ether oxygens (including phenoxy) is 1. The first-order chi connectivity index (χ1) is 11.1. The molecule has 1 aromatic carbocycles. The third-order valence-corrected chi connectivity index (χ3v) is 4.64. The van der Waals surface area contributed by atoms with Crippen LogP contribution in [0, 0.1) is 5.82 Å². The van der Waals surface area contributed by atoms with Gasteiger partial charge in [0.25, 0.3) is 0 Å². The predicted octanol–water partition coefficient (Wildman–Crippen LogP) is 2.16. The van der Waals surface area contributed by atoms with Gasteiger partial charge in [-0.2, -0.15) is 0 Å². The first-order valence-corrected chi connectivity index (χ1v) is 8.13. The van der Waals surface area contributed by atoms with E-state index in [1.807, 2.05) is 11.9 Å². The number of benzene rings is 1. The van der Waals surface area contributed by atoms with Crippen molar-refractivity contribution < 1.29 is 13.9 Å². The first-order valence-electron chi connectivity index (χ1n) is 7.31. The zero-order valence-electron chi connectivity index (χ0n) is 12.7. The number of nitrogens with zero attached hydrogens (tertiary/aromatic N) is 4. The quantitative estimate of drug-likeness (QED) is 0.809. The summed E-state index contributed by atoms with van der Waals surface area (Å²) < 4.78 is 17.8. The average Bonchev–Trinajstić information content (AvgIpc) is 3.16. The van der Waals surface area contributed by atoms with Crippen LogP contribution in [0.3, 0.4) is 0 Å². The van der Waals surface area contributed by atoms with Crippen molar-refractivity contribution in [2.24, 2.45) is 0 Å². The molecule has 6 nitrogen and oxygen atoms in total. The van der Waals surface area contributed by atoms with Crippen molar-refractivity contribution in [3.8, 4) is 0 Å². The lowest BCUT2D eigenvalue weighted by molar-refractivity contribution is 0.159. The minimum absolute atomic E-state index is 0.244. The maximum atomic E-state index is 12.9. The molecule has 0 atom stereocenters. The maximum absolute atomic E-state index is 12.9. The van der Waals surface area contributed by atoms with E-state index in [0.29, 0.717) is 32.7 Å². The zero-order valence-corrected chi connectivity index (χ0v) is 13.6. The Kier molecular flexibility index (Phi) is 4.71. The van der Waals surface area contributed by atoms with E-state index in [1.54, 1.807) is 17.0 Å². The van der Waals surface area contributed by atoms with Crippen molar-refractivity contribution in [1.29, 1.82) is 0 Å². The van der Waals surface area contributed by atoms with Crippen LogP contribution in [0.4, 0.5) is 14.3 Å². The van der Waals surface area contributed by atoms with Crippen molar-refractivity contribution in [2.75, 3.05) is 38.2 Å². The molecule has 0 aliphatic carbocycles. The Labute approximate surface area is 137 Å². The van der Waals surface area contributed by atoms with Gasteiger partial charge in [-0.25, -0.2) is 9.18 Å². The third kappa shape index (κ3) is 3.95. The number of amides is 1. The van der Waals surface area contributed by atoms with Gasteiger partial charge in [0.2, 0.25) is 5.13 Å². The highest BCUT2D eigenvalue weighted by atomic mass is 32.1. The molecule has 2 heterocycles. The van der Waals surface area contributed by atoms with Crippen molar-refractivity contribution in [3.63, 3.8) is 0 Å². The molecular weight excluding hydrogens is 319 g/mol. The van der Waals surface area contributed by atoms with Crippen LogP contribution in [0.25, 0.3) is 0 Å². The van der Waals surface area contributed by atoms with E-state index in [4.69, 9.17) is 4.74 Å². The van der Waals surface area contributed by atoms with Gasteiger partial charge in [0, 0.05) is 26.6 Å². The largest absolute Gasteiger partial charge is 0.448 e. The standard InChI is InChI=1S/C15H17FN4O2S/c1-19(6-7-20-8-9-22-15(20)21)14-18-17-13(23-14)10-11-2-4-12(16)5-3-11/h2-5H,6-10H2,1H3. The Bertz CT molecular complexity index is 676. The topological polar surface area (TPSA) is 58.6 Å². The highest BCUT2D eigenvalue weighted by Crippen LogP contribution is 2.21. The minimum atomic E-state index is -0.257. The van der Waals surface area contributed by atoms with Crippen LogP contribution in [0.2, 0.25) is 0 Å². The number of likely N-dealkylation sites (N-methyl/N-ethyl adjacent to an activating group) is 1. The second-order valence-electron chi connectivity index (χ2n) is 5.30. The monoisotopic (exact) mass is 336 g/mol. The van der Waals surface area contributed by atoms with Crippen LogP contribution in [0.15, 0.2) is 24.3 Å². The summed E-state index contributed by atoms with van der Waals surface area (Å²) in [6.45, 7) is 2.37. The van der Waals surface area contributed by atoms with Gasteiger partial charge in [-0.15, -0.1) is 10.2 Å². The molecule has 23 heavy (non-hydrogen) atoms. The van der Waals surface area contributed by atoms with Crippen molar-refractivity contribution in [1.82, 2.24) is 15.1 Å². The SMILES string of the molecule is CN(CCN1CCOC1=O)c1nnc(Cc2ccc(F)cc2)s1. The molecule has 1 saturated heterocycles. The molecule has 0 bridgehead atoms. The average molecular weight is 336 g/mol. The van der Waals surface area contributed by atoms with Gasteiger partial charge in [0.05, 0.1) is 6.54 Å². The fourth-order valence-electron chi connectivity index (χ4n) is 2.24. The summed E-state index contributed by atoms with van der Waals surface area (Å²) in [6, 6.07) is 6.38. The van der Waals surface area contributed by atoms with Crippen LogP contribution < -0.4 is 4.90 Å². The van der Waals surface area contributed by atoms with Crippen LogP contribution in [0.1, 0.15) is 10.6 Å². The summed E-state index contributed by atoms with van der Waals surface area (Å²) in [6.07, 6.45) is 0.372. The van der Waals surface area contributed by atoms with Crippen molar-refractivity contribution >= 4 is 22.6 Å². The van der Waals surface area contributed by atoms with E-state index in [2.05, 4.69) is 10.2 Å². The number of aromatic nitrogens is 2. The fourth-order valence-corrected chi connectivity index (χ4v) is 3.10. The summed E-state index contributed by atoms with van der Waals surface area (Å²) in [7, 11) is 1.92. The molecular formula is C15H17FN4O2S. The Morgan fingerprint density at radius 3 is 2.83 bits per heavy atom. The summed E-state index contributed by atoms with van der Waals surface area (Å²) in [5.41, 5.74) is 0.997. The summed E-state index contributed by atoms with van der Waals surface area (Å²) in [5, 5.41) is 10.0. The number of rotatable bonds is 6. The number of carbonyl (C=O) groups excluding carboxylic acids is 1. The highest BCUT2D eigenvalue weighted by molar-refractivity contribution is 7.15. The van der Waals surface area contributed by atoms with Crippen LogP contribution in [0.5, 0.6) is 0 Å². The van der Waals surface area contributed by atoms with E-state index in [0.717, 1.165) is 15.7 Å². The fraction of sp³-hybridized carbons (Fsp3) is 0.400. The molecule has 0 saturated carbocycles. The third-order valence-electron chi connectivity index (χ3n) is 3.60. The summed E-state index contributed by atoms with van der Waals surface area (Å²) in [4.78, 5) is 15.0. The van der Waals surface area contributed by atoms with Gasteiger partial charge in [0.15, 0.2) is 0 Å². The van der Waals surface area contributed by atoms with Crippen molar-refractivity contribution in [2.45, 2.75) is 6.42 Å². The van der Waals surface area contributed by atoms with Crippen LogP contribution >= 0.6 is 11.3 Å². The van der Waals surface area contributed by atoms with E-state index in [1.165, 1.54) is 23.5 Å². The lowest BCUT2D eigenvalue weighted by atomic mass is 10.2. The predicted molar refractivity (Wildman–Crippen MR) is 85.3 cm³/mol. The normalized spacial score (nSPS) is 14.2. The molecule has 1 aromatic heterocycles. The van der Waals surface area contributed by atoms with E-state index in [-0.39, 0.29) is 11.9 Å². The highest BCUT2D eigenvalue weighted by Gasteiger charge is 2.22. The number of anilines is 1. The minimum Gasteiger partial charge on any atom is -0.448 e. The number of halogens is 1. The van der Waals surface area contributed by atoms with Gasteiger partial charge in [-0.1, -0.05) is 23.5 Å². The van der Waals surface area contributed by atoms with Gasteiger partial charge in [-0.3, -0.25) is 0 Å². The maximum Gasteiger partial charge on any atom is 0.409 e. The number of carbonyl (C=O) groups is 1. The lowest BCUT2D eigenvalue weighted by Gasteiger charge is -2.18. The molecule has 0 N–H and O–H groups in total. The molecule has 3 rings (SSSR count). The van der Waals surface area contributed by atoms with Gasteiger partial charge in [0.1, 0.15) is 17.4 Å². The Hall–Kier alpha value is -2.22. The second-order valence-corrected chi connectivity index (χ2v) is 6.35. The second kappa shape index (κ2) is 6.91. The molecule has 1 aliphatic heterocycles. The first kappa shape index (κ1) is 15.7. The molecule has 0 radical (unpaired) electrons. The molecule has 1 amide bonds. The number of hydrogen-bond donors (Lipinski definition) is 0. The molecule has 122 valence electrons. The molecule has 1 aliphatic rings. The van der Waals surface area contributed by atoms with Gasteiger partial charge in [-0.05, 0) is 17.7 Å². The smallest absolute Gasteiger partial charge is 0.409 e. The van der Waals surface area contributed by atoms with Crippen molar-refractivity contribution in [3.05, 3.63) is 40.7 Å². The van der Waals surface area contributed by atoms with Gasteiger partial charge < -0.3 is 14.5 Å². The Morgan fingerprint density at radius 1 is 1.35 bits per heavy atom. The van der Waals surface area contributed by atoms with E-state index in [9.17, 15) is 9.18 Å². The number of hydrogen-bond acceptors (Lipinski definition) is 6. The summed E-state index contributed by atoms with van der Waals surface area (Å²) >= 11 is 1.50. The summed E-state index contributed by atoms with van der Waals surface area (Å²) in [5.74, 6) is -0.244. The zero-order chi connectivity index (χ0) is 16.2. The lowest BCUT2D eigenvalue weighted by Crippen LogP contribution is -2.33. The molecule has 0 spiro atoms. The molecule has 8 heteroatoms. The van der Waals surface area contributed by atoms with E-state index >= 15 is 0 Å². The van der Waals surface area contributed by atoms with Crippen LogP contribution in [-0.2, 0) is 11.2 Å². The Morgan fingerprint density at radius 2 is 2.13 bits per heavy atom.